The number of carbonyl (C=O) groups is 1. The Labute approximate surface area is 160 Å². The average Bonchev–Trinajstić information content (AvgIpc) is 2.69. The lowest BCUT2D eigenvalue weighted by molar-refractivity contribution is 0.0983. The minimum atomic E-state index is -0.0890. The van der Waals surface area contributed by atoms with Crippen LogP contribution >= 0.6 is 0 Å². The fourth-order valence-corrected chi connectivity index (χ4v) is 3.27. The SMILES string of the molecule is CCOc1cc(C(=O)N2CCCc3ncccc32)cc(OCC)c1OCC. The van der Waals surface area contributed by atoms with Gasteiger partial charge in [-0.05, 0) is 57.9 Å². The van der Waals surface area contributed by atoms with Crippen LogP contribution in [0.2, 0.25) is 0 Å². The lowest BCUT2D eigenvalue weighted by Gasteiger charge is -2.29. The lowest BCUT2D eigenvalue weighted by Crippen LogP contribution is -2.35. The molecule has 1 amide bonds. The zero-order chi connectivity index (χ0) is 19.2. The van der Waals surface area contributed by atoms with E-state index in [2.05, 4.69) is 4.98 Å². The number of amides is 1. The van der Waals surface area contributed by atoms with Crippen molar-refractivity contribution in [2.75, 3.05) is 31.3 Å². The number of hydrogen-bond donors (Lipinski definition) is 0. The number of aromatic nitrogens is 1. The van der Waals surface area contributed by atoms with Gasteiger partial charge in [-0.2, -0.15) is 0 Å². The summed E-state index contributed by atoms with van der Waals surface area (Å²) in [6.45, 7) is 7.80. The monoisotopic (exact) mass is 370 g/mol. The third-order valence-corrected chi connectivity index (χ3v) is 4.35. The van der Waals surface area contributed by atoms with Crippen molar-refractivity contribution in [1.29, 1.82) is 0 Å². The smallest absolute Gasteiger partial charge is 0.258 e. The molecule has 1 aromatic heterocycles. The Hall–Kier alpha value is -2.76. The van der Waals surface area contributed by atoms with Crippen LogP contribution in [0.1, 0.15) is 43.2 Å². The van der Waals surface area contributed by atoms with Gasteiger partial charge in [-0.15, -0.1) is 0 Å². The first-order chi connectivity index (χ1) is 13.2. The molecule has 2 heterocycles. The first kappa shape index (κ1) is 19.0. The van der Waals surface area contributed by atoms with Crippen molar-refractivity contribution < 1.29 is 19.0 Å². The predicted molar refractivity (Wildman–Crippen MR) is 104 cm³/mol. The van der Waals surface area contributed by atoms with Crippen molar-refractivity contribution in [2.45, 2.75) is 33.6 Å². The van der Waals surface area contributed by atoms with Gasteiger partial charge in [0, 0.05) is 18.3 Å². The van der Waals surface area contributed by atoms with Crippen molar-refractivity contribution in [3.8, 4) is 17.2 Å². The quantitative estimate of drug-likeness (QED) is 0.740. The Morgan fingerprint density at radius 2 is 1.74 bits per heavy atom. The van der Waals surface area contributed by atoms with Crippen LogP contribution in [-0.4, -0.2) is 37.3 Å². The molecule has 0 atom stereocenters. The molecule has 0 spiro atoms. The molecule has 0 N–H and O–H groups in total. The van der Waals surface area contributed by atoms with Crippen LogP contribution in [0, 0.1) is 0 Å². The highest BCUT2D eigenvalue weighted by Crippen LogP contribution is 2.40. The standard InChI is InChI=1S/C21H26N2O4/c1-4-25-18-13-15(14-19(26-5-2)20(18)27-6-3)21(24)23-12-8-9-16-17(23)10-7-11-22-16/h7,10-11,13-14H,4-6,8-9,12H2,1-3H3. The van der Waals surface area contributed by atoms with Gasteiger partial charge >= 0.3 is 0 Å². The van der Waals surface area contributed by atoms with Crippen LogP contribution in [0.4, 0.5) is 5.69 Å². The van der Waals surface area contributed by atoms with Crippen molar-refractivity contribution in [2.24, 2.45) is 0 Å². The summed E-state index contributed by atoms with van der Waals surface area (Å²) < 4.78 is 17.2. The fraction of sp³-hybridized carbons (Fsp3) is 0.429. The highest BCUT2D eigenvalue weighted by molar-refractivity contribution is 6.07. The van der Waals surface area contributed by atoms with E-state index in [0.717, 1.165) is 24.2 Å². The number of pyridine rings is 1. The van der Waals surface area contributed by atoms with E-state index in [1.807, 2.05) is 32.9 Å². The molecule has 6 nitrogen and oxygen atoms in total. The van der Waals surface area contributed by atoms with Crippen molar-refractivity contribution >= 4 is 11.6 Å². The van der Waals surface area contributed by atoms with Gasteiger partial charge in [-0.25, -0.2) is 0 Å². The Balaban J connectivity index is 2.02. The van der Waals surface area contributed by atoms with E-state index in [9.17, 15) is 4.79 Å². The normalized spacial score (nSPS) is 13.1. The number of rotatable bonds is 7. The van der Waals surface area contributed by atoms with Crippen LogP contribution in [0.25, 0.3) is 0 Å². The molecular formula is C21H26N2O4. The molecule has 0 bridgehead atoms. The molecule has 0 aliphatic carbocycles. The Kier molecular flexibility index (Phi) is 6.16. The molecule has 1 aliphatic heterocycles. The summed E-state index contributed by atoms with van der Waals surface area (Å²) in [5.41, 5.74) is 2.35. The van der Waals surface area contributed by atoms with Crippen LogP contribution in [0.3, 0.4) is 0 Å². The number of benzene rings is 1. The Bertz CT molecular complexity index is 780. The van der Waals surface area contributed by atoms with Gasteiger partial charge in [0.15, 0.2) is 11.5 Å². The topological polar surface area (TPSA) is 60.9 Å². The maximum atomic E-state index is 13.3. The van der Waals surface area contributed by atoms with Gasteiger partial charge < -0.3 is 19.1 Å². The minimum absolute atomic E-state index is 0.0890. The highest BCUT2D eigenvalue weighted by atomic mass is 16.5. The van der Waals surface area contributed by atoms with E-state index in [-0.39, 0.29) is 5.91 Å². The minimum Gasteiger partial charge on any atom is -0.490 e. The van der Waals surface area contributed by atoms with Gasteiger partial charge in [0.05, 0.1) is 31.2 Å². The fourth-order valence-electron chi connectivity index (χ4n) is 3.27. The summed E-state index contributed by atoms with van der Waals surface area (Å²) in [4.78, 5) is 19.5. The molecule has 27 heavy (non-hydrogen) atoms. The van der Waals surface area contributed by atoms with Gasteiger partial charge in [0.25, 0.3) is 5.91 Å². The number of fused-ring (bicyclic) bond motifs is 1. The third kappa shape index (κ3) is 3.99. The highest BCUT2D eigenvalue weighted by Gasteiger charge is 2.26. The summed E-state index contributed by atoms with van der Waals surface area (Å²) in [7, 11) is 0. The first-order valence-electron chi connectivity index (χ1n) is 9.51. The summed E-state index contributed by atoms with van der Waals surface area (Å²) in [6, 6.07) is 7.29. The van der Waals surface area contributed by atoms with E-state index >= 15 is 0 Å². The zero-order valence-electron chi connectivity index (χ0n) is 16.2. The van der Waals surface area contributed by atoms with E-state index in [1.165, 1.54) is 0 Å². The third-order valence-electron chi connectivity index (χ3n) is 4.35. The predicted octanol–water partition coefficient (Wildman–Crippen LogP) is 3.87. The van der Waals surface area contributed by atoms with Crippen LogP contribution in [0.5, 0.6) is 17.2 Å². The number of anilines is 1. The number of aryl methyl sites for hydroxylation is 1. The van der Waals surface area contributed by atoms with Crippen molar-refractivity contribution in [1.82, 2.24) is 4.98 Å². The zero-order valence-corrected chi connectivity index (χ0v) is 16.2. The number of nitrogens with zero attached hydrogens (tertiary/aromatic N) is 2. The van der Waals surface area contributed by atoms with Gasteiger partial charge in [0.2, 0.25) is 5.75 Å². The summed E-state index contributed by atoms with van der Waals surface area (Å²) >= 11 is 0. The number of carbonyl (C=O) groups excluding carboxylic acids is 1. The molecule has 3 rings (SSSR count). The van der Waals surface area contributed by atoms with E-state index < -0.39 is 0 Å². The van der Waals surface area contributed by atoms with Gasteiger partial charge in [-0.1, -0.05) is 0 Å². The van der Waals surface area contributed by atoms with Crippen LogP contribution in [-0.2, 0) is 6.42 Å². The molecule has 0 fully saturated rings. The first-order valence-corrected chi connectivity index (χ1v) is 9.51. The second kappa shape index (κ2) is 8.75. The molecule has 0 saturated carbocycles. The molecule has 1 aromatic carbocycles. The van der Waals surface area contributed by atoms with E-state index in [4.69, 9.17) is 14.2 Å². The summed E-state index contributed by atoms with van der Waals surface area (Å²) in [6.07, 6.45) is 3.55. The largest absolute Gasteiger partial charge is 0.490 e. The molecule has 0 saturated heterocycles. The van der Waals surface area contributed by atoms with E-state index in [0.29, 0.717) is 49.2 Å². The molecule has 2 aromatic rings. The summed E-state index contributed by atoms with van der Waals surface area (Å²) in [5.74, 6) is 1.50. The number of hydrogen-bond acceptors (Lipinski definition) is 5. The average molecular weight is 370 g/mol. The maximum absolute atomic E-state index is 13.3. The van der Waals surface area contributed by atoms with Crippen LogP contribution < -0.4 is 19.1 Å². The maximum Gasteiger partial charge on any atom is 0.258 e. The molecule has 1 aliphatic rings. The second-order valence-corrected chi connectivity index (χ2v) is 6.13. The van der Waals surface area contributed by atoms with Gasteiger partial charge in [-0.3, -0.25) is 9.78 Å². The molecule has 0 unspecified atom stereocenters. The molecule has 6 heteroatoms. The molecule has 0 radical (unpaired) electrons. The number of ether oxygens (including phenoxy) is 3. The Morgan fingerprint density at radius 3 is 2.37 bits per heavy atom. The van der Waals surface area contributed by atoms with Gasteiger partial charge in [0.1, 0.15) is 0 Å². The Morgan fingerprint density at radius 1 is 1.07 bits per heavy atom. The van der Waals surface area contributed by atoms with Crippen molar-refractivity contribution in [3.63, 3.8) is 0 Å². The van der Waals surface area contributed by atoms with E-state index in [1.54, 1.807) is 23.2 Å². The molecule has 144 valence electrons. The second-order valence-electron chi connectivity index (χ2n) is 6.13. The van der Waals surface area contributed by atoms with Crippen molar-refractivity contribution in [3.05, 3.63) is 41.7 Å². The lowest BCUT2D eigenvalue weighted by atomic mass is 10.1. The summed E-state index contributed by atoms with van der Waals surface area (Å²) in [5, 5.41) is 0. The van der Waals surface area contributed by atoms with Crippen LogP contribution in [0.15, 0.2) is 30.5 Å². The molecular weight excluding hydrogens is 344 g/mol.